The van der Waals surface area contributed by atoms with Crippen molar-refractivity contribution in [3.63, 3.8) is 0 Å². The molecule has 0 heterocycles. The molecule has 0 aliphatic carbocycles. The smallest absolute Gasteiger partial charge is 0.264 e. The predicted molar refractivity (Wildman–Crippen MR) is 130 cm³/mol. The minimum atomic E-state index is -3.86. The lowest BCUT2D eigenvalue weighted by atomic mass is 10.1. The number of benzene rings is 3. The Hall–Kier alpha value is -3.52. The van der Waals surface area contributed by atoms with Crippen molar-refractivity contribution < 1.29 is 22.7 Å². The molecule has 1 N–H and O–H groups in total. The van der Waals surface area contributed by atoms with Crippen LogP contribution in [-0.2, 0) is 14.8 Å². The maximum Gasteiger partial charge on any atom is 0.264 e. The van der Waals surface area contributed by atoms with Crippen LogP contribution in [0.3, 0.4) is 0 Å². The van der Waals surface area contributed by atoms with Crippen LogP contribution < -0.4 is 19.1 Å². The summed E-state index contributed by atoms with van der Waals surface area (Å²) in [6.45, 7) is 5.68. The van der Waals surface area contributed by atoms with E-state index < -0.39 is 15.9 Å². The van der Waals surface area contributed by atoms with Crippen LogP contribution in [0.4, 0.5) is 11.4 Å². The lowest BCUT2D eigenvalue weighted by Gasteiger charge is -2.23. The zero-order chi connectivity index (χ0) is 24.0. The molecule has 1 amide bonds. The molecule has 3 aromatic rings. The van der Waals surface area contributed by atoms with Crippen molar-refractivity contribution in [2.45, 2.75) is 25.7 Å². The standard InChI is InChI=1S/C25H28N2O5S/c1-5-27(20-9-7-6-8-10-20)33(29,30)21-12-14-24(31-4)22(16-21)26-25(28)17-32-23-13-11-18(2)15-19(23)3/h6-16H,5,17H2,1-4H3,(H,26,28). The molecule has 0 spiro atoms. The zero-order valence-corrected chi connectivity index (χ0v) is 20.0. The number of carbonyl (C=O) groups excluding carboxylic acids is 1. The minimum absolute atomic E-state index is 0.0413. The number of hydrogen-bond donors (Lipinski definition) is 1. The summed E-state index contributed by atoms with van der Waals surface area (Å²) >= 11 is 0. The summed E-state index contributed by atoms with van der Waals surface area (Å²) in [5.41, 5.74) is 2.83. The number of anilines is 2. The molecule has 0 radical (unpaired) electrons. The van der Waals surface area contributed by atoms with Gasteiger partial charge in [0.05, 0.1) is 23.4 Å². The number of nitrogens with one attached hydrogen (secondary N) is 1. The molecule has 3 aromatic carbocycles. The third-order valence-corrected chi connectivity index (χ3v) is 6.95. The van der Waals surface area contributed by atoms with Crippen LogP contribution in [0.15, 0.2) is 71.6 Å². The monoisotopic (exact) mass is 468 g/mol. The van der Waals surface area contributed by atoms with E-state index in [2.05, 4.69) is 5.32 Å². The molecule has 0 saturated carbocycles. The van der Waals surface area contributed by atoms with Gasteiger partial charge in [0.1, 0.15) is 11.5 Å². The molecule has 0 saturated heterocycles. The Balaban J connectivity index is 1.82. The molecular formula is C25H28N2O5S. The Labute approximate surface area is 195 Å². The van der Waals surface area contributed by atoms with Gasteiger partial charge in [-0.2, -0.15) is 0 Å². The van der Waals surface area contributed by atoms with Gasteiger partial charge < -0.3 is 14.8 Å². The van der Waals surface area contributed by atoms with Crippen molar-refractivity contribution in [2.24, 2.45) is 0 Å². The lowest BCUT2D eigenvalue weighted by Crippen LogP contribution is -2.30. The Morgan fingerprint density at radius 1 is 0.970 bits per heavy atom. The third kappa shape index (κ3) is 5.64. The fourth-order valence-corrected chi connectivity index (χ4v) is 4.95. The molecule has 0 aromatic heterocycles. The fraction of sp³-hybridized carbons (Fsp3) is 0.240. The fourth-order valence-electron chi connectivity index (χ4n) is 3.45. The van der Waals surface area contributed by atoms with Crippen LogP contribution in [0.2, 0.25) is 0 Å². The van der Waals surface area contributed by atoms with Crippen molar-refractivity contribution in [3.05, 3.63) is 77.9 Å². The SMILES string of the molecule is CCN(c1ccccc1)S(=O)(=O)c1ccc(OC)c(NC(=O)COc2ccc(C)cc2C)c1. The van der Waals surface area contributed by atoms with E-state index >= 15 is 0 Å². The van der Waals surface area contributed by atoms with Gasteiger partial charge in [-0.05, 0) is 62.7 Å². The summed E-state index contributed by atoms with van der Waals surface area (Å²) < 4.78 is 38.9. The molecule has 3 rings (SSSR count). The largest absolute Gasteiger partial charge is 0.495 e. The summed E-state index contributed by atoms with van der Waals surface area (Å²) in [4.78, 5) is 12.6. The van der Waals surface area contributed by atoms with E-state index in [-0.39, 0.29) is 23.7 Å². The number of nitrogens with zero attached hydrogens (tertiary/aromatic N) is 1. The normalized spacial score (nSPS) is 11.0. The van der Waals surface area contributed by atoms with Gasteiger partial charge in [0.15, 0.2) is 6.61 Å². The maximum absolute atomic E-state index is 13.3. The summed E-state index contributed by atoms with van der Waals surface area (Å²) in [6, 6.07) is 18.9. The quantitative estimate of drug-likeness (QED) is 0.498. The Kier molecular flexibility index (Phi) is 7.60. The first-order chi connectivity index (χ1) is 15.8. The number of hydrogen-bond acceptors (Lipinski definition) is 5. The zero-order valence-electron chi connectivity index (χ0n) is 19.2. The molecule has 33 heavy (non-hydrogen) atoms. The van der Waals surface area contributed by atoms with Gasteiger partial charge in [0, 0.05) is 6.54 Å². The van der Waals surface area contributed by atoms with Gasteiger partial charge in [-0.1, -0.05) is 35.9 Å². The topological polar surface area (TPSA) is 84.9 Å². The molecule has 8 heteroatoms. The van der Waals surface area contributed by atoms with E-state index in [9.17, 15) is 13.2 Å². The summed E-state index contributed by atoms with van der Waals surface area (Å²) in [5.74, 6) is 0.523. The van der Waals surface area contributed by atoms with Crippen molar-refractivity contribution in [1.82, 2.24) is 0 Å². The molecular weight excluding hydrogens is 440 g/mol. The second kappa shape index (κ2) is 10.4. The molecule has 0 atom stereocenters. The number of aryl methyl sites for hydroxylation is 2. The minimum Gasteiger partial charge on any atom is -0.495 e. The Bertz CT molecular complexity index is 1230. The molecule has 0 bridgehead atoms. The van der Waals surface area contributed by atoms with Crippen LogP contribution in [0, 0.1) is 13.8 Å². The maximum atomic E-state index is 13.3. The molecule has 7 nitrogen and oxygen atoms in total. The van der Waals surface area contributed by atoms with Crippen LogP contribution in [-0.4, -0.2) is 34.6 Å². The van der Waals surface area contributed by atoms with E-state index in [1.165, 1.54) is 29.6 Å². The predicted octanol–water partition coefficient (Wildman–Crippen LogP) is 4.54. The number of sulfonamides is 1. The van der Waals surface area contributed by atoms with Crippen molar-refractivity contribution in [3.8, 4) is 11.5 Å². The second-order valence-corrected chi connectivity index (χ2v) is 9.34. The average molecular weight is 469 g/mol. The summed E-state index contributed by atoms with van der Waals surface area (Å²) in [5, 5.41) is 2.70. The number of ether oxygens (including phenoxy) is 2. The van der Waals surface area contributed by atoms with E-state index in [0.717, 1.165) is 11.1 Å². The number of carbonyl (C=O) groups is 1. The van der Waals surface area contributed by atoms with Crippen LogP contribution in [0.25, 0.3) is 0 Å². The molecule has 0 aliphatic rings. The van der Waals surface area contributed by atoms with E-state index in [0.29, 0.717) is 17.2 Å². The number of para-hydroxylation sites is 1. The van der Waals surface area contributed by atoms with Gasteiger partial charge >= 0.3 is 0 Å². The average Bonchev–Trinajstić information content (AvgIpc) is 2.79. The highest BCUT2D eigenvalue weighted by atomic mass is 32.2. The van der Waals surface area contributed by atoms with E-state index in [4.69, 9.17) is 9.47 Å². The first-order valence-corrected chi connectivity index (χ1v) is 12.0. The highest BCUT2D eigenvalue weighted by Gasteiger charge is 2.25. The molecule has 174 valence electrons. The highest BCUT2D eigenvalue weighted by molar-refractivity contribution is 7.92. The van der Waals surface area contributed by atoms with Crippen LogP contribution in [0.1, 0.15) is 18.1 Å². The second-order valence-electron chi connectivity index (χ2n) is 7.47. The first-order valence-electron chi connectivity index (χ1n) is 10.5. The van der Waals surface area contributed by atoms with Gasteiger partial charge in [-0.15, -0.1) is 0 Å². The highest BCUT2D eigenvalue weighted by Crippen LogP contribution is 2.31. The van der Waals surface area contributed by atoms with Crippen LogP contribution in [0.5, 0.6) is 11.5 Å². The summed E-state index contributed by atoms with van der Waals surface area (Å²) in [6.07, 6.45) is 0. The van der Waals surface area contributed by atoms with Crippen molar-refractivity contribution in [2.75, 3.05) is 29.9 Å². The van der Waals surface area contributed by atoms with Crippen molar-refractivity contribution >= 4 is 27.3 Å². The van der Waals surface area contributed by atoms with Gasteiger partial charge in [-0.3, -0.25) is 9.10 Å². The van der Waals surface area contributed by atoms with E-state index in [1.54, 1.807) is 31.2 Å². The Morgan fingerprint density at radius 3 is 2.30 bits per heavy atom. The molecule has 0 aliphatic heterocycles. The van der Waals surface area contributed by atoms with Gasteiger partial charge in [0.2, 0.25) is 0 Å². The lowest BCUT2D eigenvalue weighted by molar-refractivity contribution is -0.118. The molecule has 0 fully saturated rings. The number of rotatable bonds is 9. The summed E-state index contributed by atoms with van der Waals surface area (Å²) in [7, 11) is -2.41. The number of amides is 1. The van der Waals surface area contributed by atoms with Crippen molar-refractivity contribution in [1.29, 1.82) is 0 Å². The number of methoxy groups -OCH3 is 1. The van der Waals surface area contributed by atoms with Crippen LogP contribution >= 0.6 is 0 Å². The molecule has 0 unspecified atom stereocenters. The van der Waals surface area contributed by atoms with Gasteiger partial charge in [-0.25, -0.2) is 8.42 Å². The Morgan fingerprint density at radius 2 is 1.67 bits per heavy atom. The van der Waals surface area contributed by atoms with Gasteiger partial charge in [0.25, 0.3) is 15.9 Å². The van der Waals surface area contributed by atoms with E-state index in [1.807, 2.05) is 38.1 Å². The first kappa shape index (κ1) is 24.1. The third-order valence-electron chi connectivity index (χ3n) is 5.05.